The molecule has 1 aromatic heterocycles. The lowest BCUT2D eigenvalue weighted by Crippen LogP contribution is -2.29. The summed E-state index contributed by atoms with van der Waals surface area (Å²) in [6, 6.07) is 11.2. The molecule has 2 rings (SSSR count). The molecule has 0 radical (unpaired) electrons. The highest BCUT2D eigenvalue weighted by Crippen LogP contribution is 2.16. The van der Waals surface area contributed by atoms with E-state index in [1.165, 1.54) is 0 Å². The Morgan fingerprint density at radius 1 is 1.04 bits per heavy atom. The summed E-state index contributed by atoms with van der Waals surface area (Å²) in [6.07, 6.45) is 3.87. The Labute approximate surface area is 142 Å². The van der Waals surface area contributed by atoms with Gasteiger partial charge in [0.2, 0.25) is 5.91 Å². The molecule has 1 aromatic carbocycles. The van der Waals surface area contributed by atoms with E-state index in [0.29, 0.717) is 32.7 Å². The minimum absolute atomic E-state index is 0.0235. The standard InChI is InChI=1S/C18H23N3O3/c1-23-16-2-4-17(5-3-16)24-13-12-20-11-8-18(22)21-14-15-6-9-19-10-7-15/h2-7,9-10,20H,8,11-14H2,1H3,(H,21,22). The van der Waals surface area contributed by atoms with Crippen LogP contribution in [0.5, 0.6) is 11.5 Å². The summed E-state index contributed by atoms with van der Waals surface area (Å²) in [5.41, 5.74) is 1.04. The van der Waals surface area contributed by atoms with Crippen LogP contribution in [0.3, 0.4) is 0 Å². The number of methoxy groups -OCH3 is 1. The predicted molar refractivity (Wildman–Crippen MR) is 92.1 cm³/mol. The molecule has 128 valence electrons. The van der Waals surface area contributed by atoms with Gasteiger partial charge in [-0.05, 0) is 42.0 Å². The summed E-state index contributed by atoms with van der Waals surface area (Å²) >= 11 is 0. The third-order valence-corrected chi connectivity index (χ3v) is 3.37. The Bertz CT molecular complexity index is 603. The van der Waals surface area contributed by atoms with E-state index in [2.05, 4.69) is 15.6 Å². The summed E-state index contributed by atoms with van der Waals surface area (Å²) in [5.74, 6) is 1.63. The quantitative estimate of drug-likeness (QED) is 0.650. The second-order valence-electron chi connectivity index (χ2n) is 5.16. The Morgan fingerprint density at radius 3 is 2.46 bits per heavy atom. The van der Waals surface area contributed by atoms with E-state index in [-0.39, 0.29) is 5.91 Å². The third kappa shape index (κ3) is 6.66. The number of benzene rings is 1. The van der Waals surface area contributed by atoms with Crippen molar-refractivity contribution in [3.8, 4) is 11.5 Å². The van der Waals surface area contributed by atoms with Crippen LogP contribution < -0.4 is 20.1 Å². The lowest BCUT2D eigenvalue weighted by Gasteiger charge is -2.08. The fourth-order valence-corrected chi connectivity index (χ4v) is 2.03. The second-order valence-corrected chi connectivity index (χ2v) is 5.16. The summed E-state index contributed by atoms with van der Waals surface area (Å²) in [7, 11) is 1.63. The van der Waals surface area contributed by atoms with Crippen molar-refractivity contribution < 1.29 is 14.3 Å². The van der Waals surface area contributed by atoms with Crippen LogP contribution in [0, 0.1) is 0 Å². The molecule has 0 atom stereocenters. The Balaban J connectivity index is 1.50. The summed E-state index contributed by atoms with van der Waals surface area (Å²) in [6.45, 7) is 2.38. The van der Waals surface area contributed by atoms with Crippen molar-refractivity contribution in [3.05, 3.63) is 54.4 Å². The van der Waals surface area contributed by atoms with Gasteiger partial charge in [-0.15, -0.1) is 0 Å². The zero-order valence-electron chi connectivity index (χ0n) is 13.8. The zero-order valence-corrected chi connectivity index (χ0v) is 13.8. The molecule has 0 fully saturated rings. The molecule has 24 heavy (non-hydrogen) atoms. The van der Waals surface area contributed by atoms with Gasteiger partial charge in [-0.2, -0.15) is 0 Å². The molecule has 6 nitrogen and oxygen atoms in total. The molecule has 0 aliphatic heterocycles. The van der Waals surface area contributed by atoms with E-state index < -0.39 is 0 Å². The number of nitrogens with zero attached hydrogens (tertiary/aromatic N) is 1. The van der Waals surface area contributed by atoms with Gasteiger partial charge in [-0.25, -0.2) is 0 Å². The highest BCUT2D eigenvalue weighted by Gasteiger charge is 2.01. The number of amides is 1. The normalized spacial score (nSPS) is 10.2. The summed E-state index contributed by atoms with van der Waals surface area (Å²) in [5, 5.41) is 6.06. The second kappa shape index (κ2) is 10.2. The average Bonchev–Trinajstić information content (AvgIpc) is 2.64. The van der Waals surface area contributed by atoms with E-state index in [0.717, 1.165) is 17.1 Å². The predicted octanol–water partition coefficient (Wildman–Crippen LogP) is 1.77. The number of hydrogen-bond donors (Lipinski definition) is 2. The van der Waals surface area contributed by atoms with E-state index in [1.54, 1.807) is 19.5 Å². The third-order valence-electron chi connectivity index (χ3n) is 3.37. The molecule has 1 amide bonds. The lowest BCUT2D eigenvalue weighted by atomic mass is 10.2. The topological polar surface area (TPSA) is 72.5 Å². The summed E-state index contributed by atoms with van der Waals surface area (Å²) < 4.78 is 10.7. The Kier molecular flexibility index (Phi) is 7.56. The monoisotopic (exact) mass is 329 g/mol. The van der Waals surface area contributed by atoms with Crippen LogP contribution >= 0.6 is 0 Å². The number of rotatable bonds is 10. The van der Waals surface area contributed by atoms with Gasteiger partial charge in [0.15, 0.2) is 0 Å². The lowest BCUT2D eigenvalue weighted by molar-refractivity contribution is -0.121. The molecule has 2 N–H and O–H groups in total. The number of hydrogen-bond acceptors (Lipinski definition) is 5. The van der Waals surface area contributed by atoms with Gasteiger partial charge >= 0.3 is 0 Å². The van der Waals surface area contributed by atoms with Crippen molar-refractivity contribution in [2.45, 2.75) is 13.0 Å². The summed E-state index contributed by atoms with van der Waals surface area (Å²) in [4.78, 5) is 15.7. The van der Waals surface area contributed by atoms with Gasteiger partial charge in [0, 0.05) is 38.4 Å². The smallest absolute Gasteiger partial charge is 0.221 e. The number of carbonyl (C=O) groups is 1. The van der Waals surface area contributed by atoms with Crippen LogP contribution in [0.25, 0.3) is 0 Å². The van der Waals surface area contributed by atoms with Crippen molar-refractivity contribution in [2.75, 3.05) is 26.8 Å². The average molecular weight is 329 g/mol. The van der Waals surface area contributed by atoms with Crippen molar-refractivity contribution in [3.63, 3.8) is 0 Å². The van der Waals surface area contributed by atoms with E-state index in [1.807, 2.05) is 36.4 Å². The van der Waals surface area contributed by atoms with Crippen molar-refractivity contribution in [1.29, 1.82) is 0 Å². The molecular weight excluding hydrogens is 306 g/mol. The first-order valence-electron chi connectivity index (χ1n) is 7.91. The molecule has 1 heterocycles. The van der Waals surface area contributed by atoms with Crippen LogP contribution in [0.2, 0.25) is 0 Å². The van der Waals surface area contributed by atoms with Crippen LogP contribution in [0.1, 0.15) is 12.0 Å². The van der Waals surface area contributed by atoms with Crippen LogP contribution in [0.15, 0.2) is 48.8 Å². The minimum atomic E-state index is 0.0235. The van der Waals surface area contributed by atoms with Crippen LogP contribution in [0.4, 0.5) is 0 Å². The number of nitrogens with one attached hydrogen (secondary N) is 2. The highest BCUT2D eigenvalue weighted by atomic mass is 16.5. The van der Waals surface area contributed by atoms with E-state index >= 15 is 0 Å². The van der Waals surface area contributed by atoms with Gasteiger partial charge in [0.05, 0.1) is 7.11 Å². The maximum Gasteiger partial charge on any atom is 0.221 e. The van der Waals surface area contributed by atoms with E-state index in [4.69, 9.17) is 9.47 Å². The molecule has 0 saturated heterocycles. The molecule has 0 spiro atoms. The van der Waals surface area contributed by atoms with Crippen molar-refractivity contribution >= 4 is 5.91 Å². The van der Waals surface area contributed by atoms with Crippen LogP contribution in [-0.4, -0.2) is 37.7 Å². The van der Waals surface area contributed by atoms with Gasteiger partial charge in [0.25, 0.3) is 0 Å². The number of pyridine rings is 1. The highest BCUT2D eigenvalue weighted by molar-refractivity contribution is 5.76. The molecule has 2 aromatic rings. The van der Waals surface area contributed by atoms with Gasteiger partial charge in [-0.3, -0.25) is 9.78 Å². The first kappa shape index (κ1) is 17.7. The van der Waals surface area contributed by atoms with E-state index in [9.17, 15) is 4.79 Å². The van der Waals surface area contributed by atoms with Gasteiger partial charge in [-0.1, -0.05) is 0 Å². The first-order valence-corrected chi connectivity index (χ1v) is 7.91. The SMILES string of the molecule is COc1ccc(OCCNCCC(=O)NCc2ccncc2)cc1. The van der Waals surface area contributed by atoms with Crippen molar-refractivity contribution in [1.82, 2.24) is 15.6 Å². The maximum absolute atomic E-state index is 11.7. The number of aromatic nitrogens is 1. The molecule has 0 unspecified atom stereocenters. The fraction of sp³-hybridized carbons (Fsp3) is 0.333. The Hall–Kier alpha value is -2.60. The first-order chi connectivity index (χ1) is 11.8. The fourth-order valence-electron chi connectivity index (χ4n) is 2.03. The van der Waals surface area contributed by atoms with Gasteiger partial charge < -0.3 is 20.1 Å². The van der Waals surface area contributed by atoms with Gasteiger partial charge in [0.1, 0.15) is 18.1 Å². The number of ether oxygens (including phenoxy) is 2. The maximum atomic E-state index is 11.7. The zero-order chi connectivity index (χ0) is 17.0. The van der Waals surface area contributed by atoms with Crippen molar-refractivity contribution in [2.24, 2.45) is 0 Å². The molecule has 0 aliphatic carbocycles. The minimum Gasteiger partial charge on any atom is -0.497 e. The molecule has 0 aliphatic rings. The Morgan fingerprint density at radius 2 is 1.75 bits per heavy atom. The molecule has 0 bridgehead atoms. The van der Waals surface area contributed by atoms with Crippen LogP contribution in [-0.2, 0) is 11.3 Å². The molecule has 6 heteroatoms. The molecular formula is C18H23N3O3. The number of carbonyl (C=O) groups excluding carboxylic acids is 1. The largest absolute Gasteiger partial charge is 0.497 e. The molecule has 0 saturated carbocycles.